The predicted molar refractivity (Wildman–Crippen MR) is 104 cm³/mol. The van der Waals surface area contributed by atoms with E-state index in [1.54, 1.807) is 29.0 Å². The average Bonchev–Trinajstić information content (AvgIpc) is 3.30. The maximum Gasteiger partial charge on any atom is 0.339 e. The number of H-pyrrole nitrogens is 1. The average molecular weight is 403 g/mol. The molecule has 0 radical (unpaired) electrons. The van der Waals surface area contributed by atoms with Gasteiger partial charge in [0.1, 0.15) is 17.3 Å². The normalized spacial score (nSPS) is 11.0. The summed E-state index contributed by atoms with van der Waals surface area (Å²) in [6.45, 7) is -0.0892. The molecular weight excluding hydrogens is 392 g/mol. The molecule has 4 rings (SSSR count). The van der Waals surface area contributed by atoms with Crippen molar-refractivity contribution in [2.75, 3.05) is 0 Å². The zero-order valence-corrected chi connectivity index (χ0v) is 15.6. The number of carbonyl (C=O) groups excluding carboxylic acids is 1. The molecule has 8 heteroatoms. The third kappa shape index (κ3) is 3.29. The number of ether oxygens (including phenoxy) is 1. The summed E-state index contributed by atoms with van der Waals surface area (Å²) in [5.74, 6) is -0.127. The lowest BCUT2D eigenvalue weighted by atomic mass is 10.1. The molecule has 0 saturated carbocycles. The van der Waals surface area contributed by atoms with Crippen molar-refractivity contribution in [3.63, 3.8) is 0 Å². The van der Waals surface area contributed by atoms with Crippen molar-refractivity contribution in [2.45, 2.75) is 6.61 Å². The maximum absolute atomic E-state index is 12.5. The molecule has 1 aromatic carbocycles. The van der Waals surface area contributed by atoms with Crippen LogP contribution in [0.4, 0.5) is 0 Å². The number of hydrogen-bond donors (Lipinski definition) is 1. The van der Waals surface area contributed by atoms with Crippen molar-refractivity contribution >= 4 is 50.5 Å². The van der Waals surface area contributed by atoms with Crippen LogP contribution in [0.3, 0.4) is 0 Å². The van der Waals surface area contributed by atoms with Gasteiger partial charge < -0.3 is 9.72 Å². The molecule has 130 valence electrons. The Morgan fingerprint density at radius 1 is 1.19 bits per heavy atom. The van der Waals surface area contributed by atoms with E-state index in [-0.39, 0.29) is 12.2 Å². The number of benzene rings is 1. The van der Waals surface area contributed by atoms with Gasteiger partial charge in [0, 0.05) is 21.3 Å². The van der Waals surface area contributed by atoms with Gasteiger partial charge in [-0.1, -0.05) is 23.7 Å². The van der Waals surface area contributed by atoms with Gasteiger partial charge in [-0.15, -0.1) is 11.3 Å². The predicted octanol–water partition coefficient (Wildman–Crippen LogP) is 4.72. The molecule has 0 aliphatic rings. The largest absolute Gasteiger partial charge is 0.454 e. The van der Waals surface area contributed by atoms with Gasteiger partial charge in [-0.05, 0) is 29.1 Å². The highest BCUT2D eigenvalue weighted by Gasteiger charge is 2.14. The van der Waals surface area contributed by atoms with Crippen molar-refractivity contribution in [2.24, 2.45) is 0 Å². The molecule has 0 unspecified atom stereocenters. The van der Waals surface area contributed by atoms with Gasteiger partial charge in [0.05, 0.1) is 10.9 Å². The summed E-state index contributed by atoms with van der Waals surface area (Å²) in [6, 6.07) is 8.96. The summed E-state index contributed by atoms with van der Waals surface area (Å²) in [5, 5.41) is 6.55. The standard InChI is InChI=1S/C18H11ClN2O3S2/c19-12-3-1-10(2-4-12)13-9-26-17-15(13)16(22)20-14(21-17)7-24-18(23)11-5-6-25-8-11/h1-6,8-9H,7H2,(H,20,21,22). The second-order valence-electron chi connectivity index (χ2n) is 5.44. The Morgan fingerprint density at radius 3 is 2.73 bits per heavy atom. The van der Waals surface area contributed by atoms with E-state index in [4.69, 9.17) is 16.3 Å². The first-order valence-corrected chi connectivity index (χ1v) is 9.77. The summed E-state index contributed by atoms with van der Waals surface area (Å²) in [7, 11) is 0. The number of rotatable bonds is 4. The fraction of sp³-hybridized carbons (Fsp3) is 0.0556. The second-order valence-corrected chi connectivity index (χ2v) is 7.51. The monoisotopic (exact) mass is 402 g/mol. The minimum atomic E-state index is -0.443. The van der Waals surface area contributed by atoms with Crippen LogP contribution in [0.15, 0.2) is 51.3 Å². The van der Waals surface area contributed by atoms with Crippen LogP contribution in [-0.4, -0.2) is 15.9 Å². The van der Waals surface area contributed by atoms with Crippen LogP contribution in [-0.2, 0) is 11.3 Å². The van der Waals surface area contributed by atoms with E-state index in [1.165, 1.54) is 22.7 Å². The fourth-order valence-electron chi connectivity index (χ4n) is 2.50. The number of hydrogen-bond acceptors (Lipinski definition) is 6. The number of aromatic amines is 1. The molecule has 5 nitrogen and oxygen atoms in total. The molecule has 0 spiro atoms. The molecular formula is C18H11ClN2O3S2. The lowest BCUT2D eigenvalue weighted by Crippen LogP contribution is -2.14. The highest BCUT2D eigenvalue weighted by molar-refractivity contribution is 7.17. The lowest BCUT2D eigenvalue weighted by Gasteiger charge is -2.04. The first kappa shape index (κ1) is 17.0. The number of halogens is 1. The Labute approximate surface area is 160 Å². The molecule has 1 N–H and O–H groups in total. The molecule has 0 amide bonds. The number of nitrogens with one attached hydrogen (secondary N) is 1. The topological polar surface area (TPSA) is 72.0 Å². The third-order valence-electron chi connectivity index (χ3n) is 3.75. The molecule has 0 aliphatic heterocycles. The molecule has 0 aliphatic carbocycles. The Morgan fingerprint density at radius 2 is 2.00 bits per heavy atom. The van der Waals surface area contributed by atoms with E-state index in [0.717, 1.165) is 11.1 Å². The Bertz CT molecular complexity index is 1130. The molecule has 0 fully saturated rings. The number of nitrogens with zero attached hydrogens (tertiary/aromatic N) is 1. The Kier molecular flexibility index (Phi) is 4.58. The number of carbonyl (C=O) groups is 1. The summed E-state index contributed by atoms with van der Waals surface area (Å²) in [5.41, 5.74) is 1.92. The first-order chi connectivity index (χ1) is 12.6. The van der Waals surface area contributed by atoms with Gasteiger partial charge >= 0.3 is 5.97 Å². The van der Waals surface area contributed by atoms with Crippen molar-refractivity contribution < 1.29 is 9.53 Å². The van der Waals surface area contributed by atoms with Crippen LogP contribution < -0.4 is 5.56 Å². The van der Waals surface area contributed by atoms with Gasteiger partial charge in [-0.2, -0.15) is 11.3 Å². The van der Waals surface area contributed by atoms with Crippen LogP contribution in [0.1, 0.15) is 16.2 Å². The number of esters is 1. The van der Waals surface area contributed by atoms with E-state index in [1.807, 2.05) is 17.5 Å². The lowest BCUT2D eigenvalue weighted by molar-refractivity contribution is 0.0463. The Hall–Kier alpha value is -2.48. The molecule has 4 aromatic rings. The molecule has 0 bridgehead atoms. The van der Waals surface area contributed by atoms with E-state index < -0.39 is 5.97 Å². The van der Waals surface area contributed by atoms with Crippen molar-refractivity contribution in [1.29, 1.82) is 0 Å². The number of thiophene rings is 2. The zero-order chi connectivity index (χ0) is 18.1. The smallest absolute Gasteiger partial charge is 0.339 e. The fourth-order valence-corrected chi connectivity index (χ4v) is 4.22. The minimum absolute atomic E-state index is 0.0892. The number of aromatic nitrogens is 2. The maximum atomic E-state index is 12.5. The van der Waals surface area contributed by atoms with Gasteiger partial charge in [0.15, 0.2) is 0 Å². The van der Waals surface area contributed by atoms with E-state index >= 15 is 0 Å². The van der Waals surface area contributed by atoms with Crippen LogP contribution in [0, 0.1) is 0 Å². The zero-order valence-electron chi connectivity index (χ0n) is 13.2. The summed E-state index contributed by atoms with van der Waals surface area (Å²) >= 11 is 8.71. The molecule has 3 heterocycles. The van der Waals surface area contributed by atoms with E-state index in [0.29, 0.717) is 26.6 Å². The van der Waals surface area contributed by atoms with Crippen molar-refractivity contribution in [3.05, 3.63) is 73.2 Å². The van der Waals surface area contributed by atoms with Crippen LogP contribution >= 0.6 is 34.3 Å². The number of fused-ring (bicyclic) bond motifs is 1. The summed E-state index contributed by atoms with van der Waals surface area (Å²) in [6.07, 6.45) is 0. The second kappa shape index (κ2) is 7.03. The minimum Gasteiger partial charge on any atom is -0.454 e. The van der Waals surface area contributed by atoms with Crippen LogP contribution in [0.25, 0.3) is 21.3 Å². The van der Waals surface area contributed by atoms with Crippen molar-refractivity contribution in [1.82, 2.24) is 9.97 Å². The van der Waals surface area contributed by atoms with E-state index in [9.17, 15) is 9.59 Å². The van der Waals surface area contributed by atoms with Crippen molar-refractivity contribution in [3.8, 4) is 11.1 Å². The highest BCUT2D eigenvalue weighted by Crippen LogP contribution is 2.31. The highest BCUT2D eigenvalue weighted by atomic mass is 35.5. The van der Waals surface area contributed by atoms with Gasteiger partial charge in [-0.3, -0.25) is 4.79 Å². The molecule has 26 heavy (non-hydrogen) atoms. The molecule has 3 aromatic heterocycles. The molecule has 0 atom stereocenters. The van der Waals surface area contributed by atoms with Crippen LogP contribution in [0.5, 0.6) is 0 Å². The Balaban J connectivity index is 1.62. The quantitative estimate of drug-likeness (QED) is 0.501. The third-order valence-corrected chi connectivity index (χ3v) is 5.55. The summed E-state index contributed by atoms with van der Waals surface area (Å²) < 4.78 is 5.21. The van der Waals surface area contributed by atoms with Crippen LogP contribution in [0.2, 0.25) is 5.02 Å². The van der Waals surface area contributed by atoms with Gasteiger partial charge in [0.2, 0.25) is 0 Å². The molecule has 0 saturated heterocycles. The SMILES string of the molecule is O=C(OCc1nc2scc(-c3ccc(Cl)cc3)c2c(=O)[nH]1)c1ccsc1. The summed E-state index contributed by atoms with van der Waals surface area (Å²) in [4.78, 5) is 32.2. The first-order valence-electron chi connectivity index (χ1n) is 7.57. The van der Waals surface area contributed by atoms with Gasteiger partial charge in [-0.25, -0.2) is 9.78 Å². The van der Waals surface area contributed by atoms with Gasteiger partial charge in [0.25, 0.3) is 5.56 Å². The van der Waals surface area contributed by atoms with E-state index in [2.05, 4.69) is 9.97 Å².